The highest BCUT2D eigenvalue weighted by Gasteiger charge is 2.11. The molecule has 2 N–H and O–H groups in total. The van der Waals surface area contributed by atoms with Gasteiger partial charge in [-0.15, -0.1) is 10.2 Å². The van der Waals surface area contributed by atoms with Crippen LogP contribution in [0, 0.1) is 0 Å². The number of fused-ring (bicyclic) bond motifs is 1. The number of hydrogen-bond donors (Lipinski definition) is 2. The first-order valence-corrected chi connectivity index (χ1v) is 10.2. The predicted molar refractivity (Wildman–Crippen MR) is 124 cm³/mol. The number of carbonyl (C=O) groups is 1. The number of aromatic amines is 2. The Labute approximate surface area is 184 Å². The Hall–Kier alpha value is -4.33. The maximum absolute atomic E-state index is 12.7. The third-order valence-corrected chi connectivity index (χ3v) is 5.38. The molecule has 0 fully saturated rings. The summed E-state index contributed by atoms with van der Waals surface area (Å²) in [6.45, 7) is 0. The van der Waals surface area contributed by atoms with E-state index < -0.39 is 0 Å². The third-order valence-electron chi connectivity index (χ3n) is 5.38. The Morgan fingerprint density at radius 2 is 1.69 bits per heavy atom. The summed E-state index contributed by atoms with van der Waals surface area (Å²) in [6.07, 6.45) is 0.338. The fraction of sp³-hybridized carbons (Fsp3) is 0.125. The van der Waals surface area contributed by atoms with Crippen LogP contribution in [0.3, 0.4) is 0 Å². The number of nitrogens with one attached hydrogen (secondary N) is 2. The quantitative estimate of drug-likeness (QED) is 0.402. The van der Waals surface area contributed by atoms with E-state index >= 15 is 0 Å². The largest absolute Gasteiger partial charge is 0.378 e. The molecule has 5 aromatic rings. The molecule has 0 aliphatic heterocycles. The molecular formula is C24H21N7O. The lowest BCUT2D eigenvalue weighted by Gasteiger charge is -2.12. The number of H-pyrrole nitrogens is 2. The maximum Gasteiger partial charge on any atom is 0.204 e. The zero-order valence-electron chi connectivity index (χ0n) is 17.7. The zero-order chi connectivity index (χ0) is 22.1. The number of tetrazole rings is 1. The van der Waals surface area contributed by atoms with Crippen molar-refractivity contribution in [1.29, 1.82) is 0 Å². The van der Waals surface area contributed by atoms with Gasteiger partial charge in [0.2, 0.25) is 5.82 Å². The number of anilines is 1. The summed E-state index contributed by atoms with van der Waals surface area (Å²) < 4.78 is 0. The maximum atomic E-state index is 12.7. The van der Waals surface area contributed by atoms with Crippen LogP contribution in [0.4, 0.5) is 5.69 Å². The van der Waals surface area contributed by atoms with Gasteiger partial charge in [-0.1, -0.05) is 30.3 Å². The molecule has 32 heavy (non-hydrogen) atoms. The van der Waals surface area contributed by atoms with Crippen molar-refractivity contribution in [2.24, 2.45) is 0 Å². The van der Waals surface area contributed by atoms with Crippen molar-refractivity contribution in [3.05, 3.63) is 77.9 Å². The number of aromatic nitrogens is 6. The highest BCUT2D eigenvalue weighted by atomic mass is 16.1. The normalized spacial score (nSPS) is 11.1. The van der Waals surface area contributed by atoms with Gasteiger partial charge in [0.1, 0.15) is 5.82 Å². The second-order valence-electron chi connectivity index (χ2n) is 7.79. The van der Waals surface area contributed by atoms with E-state index in [9.17, 15) is 4.79 Å². The molecular weight excluding hydrogens is 402 g/mol. The molecule has 0 amide bonds. The smallest absolute Gasteiger partial charge is 0.204 e. The van der Waals surface area contributed by atoms with E-state index in [1.54, 1.807) is 0 Å². The van der Waals surface area contributed by atoms with Crippen LogP contribution in [-0.4, -0.2) is 50.5 Å². The molecule has 0 saturated carbocycles. The van der Waals surface area contributed by atoms with E-state index in [2.05, 4.69) is 30.6 Å². The number of Topliss-reactive ketones (excluding diaryl/α,β-unsaturated/α-hetero) is 1. The molecule has 0 aliphatic carbocycles. The number of carbonyl (C=O) groups excluding carboxylic acids is 1. The molecule has 0 bridgehead atoms. The van der Waals surface area contributed by atoms with Gasteiger partial charge in [-0.2, -0.15) is 5.21 Å². The molecule has 0 spiro atoms. The van der Waals surface area contributed by atoms with E-state index in [1.807, 2.05) is 85.7 Å². The molecule has 0 saturated heterocycles. The monoisotopic (exact) mass is 423 g/mol. The SMILES string of the molecule is CN(C)c1ccc(C(=O)Cc2ccc3nc(-c4ccc(-c5nn[nH]n5)cc4)[nH]c3c2)cc1. The topological polar surface area (TPSA) is 103 Å². The Bertz CT molecular complexity index is 1370. The van der Waals surface area contributed by atoms with Gasteiger partial charge >= 0.3 is 0 Å². The second kappa shape index (κ2) is 8.07. The predicted octanol–water partition coefficient (Wildman–Crippen LogP) is 3.90. The summed E-state index contributed by atoms with van der Waals surface area (Å²) in [5, 5.41) is 14.0. The fourth-order valence-electron chi connectivity index (χ4n) is 3.60. The summed E-state index contributed by atoms with van der Waals surface area (Å²) in [4.78, 5) is 22.8. The lowest BCUT2D eigenvalue weighted by molar-refractivity contribution is 0.0993. The van der Waals surface area contributed by atoms with E-state index in [0.29, 0.717) is 17.8 Å². The first kappa shape index (κ1) is 19.6. The molecule has 0 atom stereocenters. The van der Waals surface area contributed by atoms with E-state index in [0.717, 1.165) is 39.2 Å². The molecule has 8 nitrogen and oxygen atoms in total. The van der Waals surface area contributed by atoms with E-state index in [1.165, 1.54) is 0 Å². The molecule has 0 aliphatic rings. The van der Waals surface area contributed by atoms with Crippen molar-refractivity contribution >= 4 is 22.5 Å². The van der Waals surface area contributed by atoms with Gasteiger partial charge in [-0.25, -0.2) is 4.98 Å². The molecule has 2 aromatic heterocycles. The van der Waals surface area contributed by atoms with Crippen LogP contribution < -0.4 is 4.90 Å². The molecule has 0 unspecified atom stereocenters. The first-order valence-electron chi connectivity index (χ1n) is 10.2. The summed E-state index contributed by atoms with van der Waals surface area (Å²) in [6, 6.07) is 21.4. The Balaban J connectivity index is 1.35. The summed E-state index contributed by atoms with van der Waals surface area (Å²) in [5.41, 5.74) is 6.30. The standard InChI is InChI=1S/C24H21N7O/c1-31(2)19-10-8-16(9-11-19)22(32)14-15-3-12-20-21(13-15)26-23(25-20)17-4-6-18(7-5-17)24-27-29-30-28-24/h3-13H,14H2,1-2H3,(H,25,26)(H,27,28,29,30). The molecule has 8 heteroatoms. The van der Waals surface area contributed by atoms with Crippen LogP contribution >= 0.6 is 0 Å². The third kappa shape index (κ3) is 3.85. The summed E-state index contributed by atoms with van der Waals surface area (Å²) in [5.74, 6) is 1.40. The molecule has 2 heterocycles. The first-order chi connectivity index (χ1) is 15.6. The van der Waals surface area contributed by atoms with Gasteiger partial charge < -0.3 is 9.88 Å². The van der Waals surface area contributed by atoms with E-state index in [-0.39, 0.29) is 5.78 Å². The molecule has 158 valence electrons. The number of rotatable bonds is 6. The average Bonchev–Trinajstić information content (AvgIpc) is 3.49. The van der Waals surface area contributed by atoms with Crippen molar-refractivity contribution in [2.75, 3.05) is 19.0 Å². The van der Waals surface area contributed by atoms with Gasteiger partial charge in [0.05, 0.1) is 11.0 Å². The number of hydrogen-bond acceptors (Lipinski definition) is 6. The number of ketones is 1. The van der Waals surface area contributed by atoms with Gasteiger partial charge in [0.25, 0.3) is 0 Å². The second-order valence-corrected chi connectivity index (χ2v) is 7.79. The Morgan fingerprint density at radius 1 is 0.938 bits per heavy atom. The van der Waals surface area contributed by atoms with Crippen LogP contribution in [0.5, 0.6) is 0 Å². The van der Waals surface area contributed by atoms with E-state index in [4.69, 9.17) is 0 Å². The minimum atomic E-state index is 0.0893. The van der Waals surface area contributed by atoms with Crippen LogP contribution in [0.1, 0.15) is 15.9 Å². The Kier molecular flexibility index (Phi) is 4.95. The van der Waals surface area contributed by atoms with Crippen LogP contribution in [0.25, 0.3) is 33.8 Å². The number of imidazole rings is 1. The van der Waals surface area contributed by atoms with Crippen LogP contribution in [-0.2, 0) is 6.42 Å². The van der Waals surface area contributed by atoms with Crippen molar-refractivity contribution in [2.45, 2.75) is 6.42 Å². The zero-order valence-corrected chi connectivity index (χ0v) is 17.7. The fourth-order valence-corrected chi connectivity index (χ4v) is 3.60. The van der Waals surface area contributed by atoms with Crippen molar-refractivity contribution < 1.29 is 4.79 Å². The average molecular weight is 423 g/mol. The van der Waals surface area contributed by atoms with Crippen molar-refractivity contribution in [3.8, 4) is 22.8 Å². The highest BCUT2D eigenvalue weighted by molar-refractivity contribution is 5.98. The Morgan fingerprint density at radius 3 is 2.38 bits per heavy atom. The minimum Gasteiger partial charge on any atom is -0.378 e. The molecule has 3 aromatic carbocycles. The van der Waals surface area contributed by atoms with Gasteiger partial charge in [0.15, 0.2) is 5.78 Å². The molecule has 5 rings (SSSR count). The van der Waals surface area contributed by atoms with Crippen molar-refractivity contribution in [1.82, 2.24) is 30.6 Å². The van der Waals surface area contributed by atoms with Gasteiger partial charge in [-0.05, 0) is 47.2 Å². The summed E-state index contributed by atoms with van der Waals surface area (Å²) in [7, 11) is 3.96. The lowest BCUT2D eigenvalue weighted by atomic mass is 10.0. The van der Waals surface area contributed by atoms with Crippen LogP contribution in [0.15, 0.2) is 66.7 Å². The minimum absolute atomic E-state index is 0.0893. The van der Waals surface area contributed by atoms with Gasteiger partial charge in [0, 0.05) is 42.9 Å². The van der Waals surface area contributed by atoms with Gasteiger partial charge in [-0.3, -0.25) is 4.79 Å². The highest BCUT2D eigenvalue weighted by Crippen LogP contribution is 2.24. The summed E-state index contributed by atoms with van der Waals surface area (Å²) >= 11 is 0. The van der Waals surface area contributed by atoms with Crippen LogP contribution in [0.2, 0.25) is 0 Å². The number of nitrogens with zero attached hydrogens (tertiary/aromatic N) is 5. The van der Waals surface area contributed by atoms with Crippen molar-refractivity contribution in [3.63, 3.8) is 0 Å². The number of benzene rings is 3. The lowest BCUT2D eigenvalue weighted by Crippen LogP contribution is -2.09. The molecule has 0 radical (unpaired) electrons.